The molecule has 0 bridgehead atoms. The van der Waals surface area contributed by atoms with E-state index in [9.17, 15) is 13.6 Å². The lowest BCUT2D eigenvalue weighted by Gasteiger charge is -2.16. The number of aromatic nitrogens is 3. The van der Waals surface area contributed by atoms with Crippen molar-refractivity contribution in [3.05, 3.63) is 57.3 Å². The minimum atomic E-state index is -1.03. The van der Waals surface area contributed by atoms with E-state index in [1.54, 1.807) is 18.2 Å². The fraction of sp³-hybridized carbons (Fsp3) is 0.200. The third-order valence-electron chi connectivity index (χ3n) is 4.60. The number of aromatic amines is 2. The number of anilines is 1. The van der Waals surface area contributed by atoms with Crippen LogP contribution in [-0.2, 0) is 0 Å². The average molecular weight is 418 g/mol. The summed E-state index contributed by atoms with van der Waals surface area (Å²) in [5.74, 6) is -1.72. The predicted molar refractivity (Wildman–Crippen MR) is 112 cm³/mol. The number of likely N-dealkylation sites (N-methyl/N-ethyl adjacent to an activating group) is 1. The van der Waals surface area contributed by atoms with Crippen molar-refractivity contribution in [2.75, 3.05) is 32.5 Å². The highest BCUT2D eigenvalue weighted by atomic mass is 35.5. The van der Waals surface area contributed by atoms with E-state index in [-0.39, 0.29) is 11.1 Å². The second-order valence-corrected chi connectivity index (χ2v) is 7.43. The molecule has 29 heavy (non-hydrogen) atoms. The fourth-order valence-corrected chi connectivity index (χ4v) is 3.38. The molecule has 2 aromatic carbocycles. The van der Waals surface area contributed by atoms with Crippen LogP contribution in [0.15, 0.2) is 35.1 Å². The second kappa shape index (κ2) is 7.46. The van der Waals surface area contributed by atoms with Gasteiger partial charge in [0.25, 0.3) is 5.56 Å². The first-order valence-corrected chi connectivity index (χ1v) is 9.30. The van der Waals surface area contributed by atoms with Gasteiger partial charge in [-0.05, 0) is 38.4 Å². The molecule has 3 N–H and O–H groups in total. The standard InChI is InChI=1S/C20H18ClF2N5O/c1-28(2)6-5-24-18-11-8-12(22)13(23)9-15(11)27-20(29)17(18)19-25-14-4-3-10(21)7-16(14)26-19/h3-4,7-9H,5-6H2,1-2H3,(H,25,26)(H2,24,27,29). The topological polar surface area (TPSA) is 76.8 Å². The van der Waals surface area contributed by atoms with Crippen molar-refractivity contribution in [2.24, 2.45) is 0 Å². The first kappa shape index (κ1) is 19.4. The maximum atomic E-state index is 14.0. The summed E-state index contributed by atoms with van der Waals surface area (Å²) in [5, 5.41) is 4.08. The molecule has 0 saturated carbocycles. The number of H-pyrrole nitrogens is 2. The van der Waals surface area contributed by atoms with Crippen LogP contribution in [0, 0.1) is 11.6 Å². The van der Waals surface area contributed by atoms with Crippen molar-refractivity contribution in [3.63, 3.8) is 0 Å². The van der Waals surface area contributed by atoms with E-state index in [0.29, 0.717) is 46.0 Å². The third kappa shape index (κ3) is 3.68. The zero-order valence-corrected chi connectivity index (χ0v) is 16.5. The van der Waals surface area contributed by atoms with Gasteiger partial charge in [0.15, 0.2) is 11.6 Å². The third-order valence-corrected chi connectivity index (χ3v) is 4.83. The van der Waals surface area contributed by atoms with Crippen molar-refractivity contribution in [3.8, 4) is 11.4 Å². The van der Waals surface area contributed by atoms with Crippen molar-refractivity contribution >= 4 is 39.2 Å². The molecule has 2 aromatic heterocycles. The molecule has 0 aliphatic carbocycles. The minimum Gasteiger partial charge on any atom is -0.382 e. The fourth-order valence-electron chi connectivity index (χ4n) is 3.20. The Bertz CT molecular complexity index is 1280. The molecule has 0 amide bonds. The van der Waals surface area contributed by atoms with Crippen molar-refractivity contribution in [1.29, 1.82) is 0 Å². The van der Waals surface area contributed by atoms with Gasteiger partial charge in [-0.2, -0.15) is 0 Å². The Kier molecular flexibility index (Phi) is 4.97. The molecule has 4 aromatic rings. The molecule has 6 nitrogen and oxygen atoms in total. The molecule has 9 heteroatoms. The number of hydrogen-bond acceptors (Lipinski definition) is 4. The van der Waals surface area contributed by atoms with Gasteiger partial charge in [0, 0.05) is 29.6 Å². The van der Waals surface area contributed by atoms with Gasteiger partial charge < -0.3 is 20.2 Å². The van der Waals surface area contributed by atoms with E-state index in [1.165, 1.54) is 0 Å². The normalized spacial score (nSPS) is 11.7. The number of nitrogens with one attached hydrogen (secondary N) is 3. The van der Waals surface area contributed by atoms with Gasteiger partial charge in [-0.3, -0.25) is 4.79 Å². The summed E-state index contributed by atoms with van der Waals surface area (Å²) in [6, 6.07) is 7.19. The van der Waals surface area contributed by atoms with Gasteiger partial charge in [0.05, 0.1) is 22.2 Å². The molecule has 0 unspecified atom stereocenters. The van der Waals surface area contributed by atoms with E-state index in [4.69, 9.17) is 11.6 Å². The van der Waals surface area contributed by atoms with Gasteiger partial charge >= 0.3 is 0 Å². The summed E-state index contributed by atoms with van der Waals surface area (Å²) in [4.78, 5) is 25.0. The van der Waals surface area contributed by atoms with Crippen LogP contribution in [0.5, 0.6) is 0 Å². The van der Waals surface area contributed by atoms with Crippen molar-refractivity contribution in [2.45, 2.75) is 0 Å². The molecule has 0 aliphatic rings. The Morgan fingerprint density at radius 3 is 2.62 bits per heavy atom. The molecule has 0 atom stereocenters. The van der Waals surface area contributed by atoms with E-state index in [2.05, 4.69) is 20.3 Å². The summed E-state index contributed by atoms with van der Waals surface area (Å²) in [7, 11) is 3.83. The maximum Gasteiger partial charge on any atom is 0.261 e. The Morgan fingerprint density at radius 1 is 1.10 bits per heavy atom. The molecule has 0 radical (unpaired) electrons. The number of nitrogens with zero attached hydrogens (tertiary/aromatic N) is 2. The molecule has 0 saturated heterocycles. The number of hydrogen-bond donors (Lipinski definition) is 3. The lowest BCUT2D eigenvalue weighted by atomic mass is 10.1. The maximum absolute atomic E-state index is 14.0. The van der Waals surface area contributed by atoms with Crippen LogP contribution in [-0.4, -0.2) is 47.0 Å². The highest BCUT2D eigenvalue weighted by molar-refractivity contribution is 6.31. The van der Waals surface area contributed by atoms with Crippen molar-refractivity contribution < 1.29 is 8.78 Å². The molecule has 0 aliphatic heterocycles. The van der Waals surface area contributed by atoms with Gasteiger partial charge in [0.1, 0.15) is 11.4 Å². The van der Waals surface area contributed by atoms with Crippen LogP contribution in [0.25, 0.3) is 33.3 Å². The second-order valence-electron chi connectivity index (χ2n) is 6.99. The molecule has 150 valence electrons. The van der Waals surface area contributed by atoms with Crippen LogP contribution in [0.2, 0.25) is 5.02 Å². The average Bonchev–Trinajstić information content (AvgIpc) is 3.05. The van der Waals surface area contributed by atoms with Gasteiger partial charge in [-0.1, -0.05) is 11.6 Å². The minimum absolute atomic E-state index is 0.198. The first-order chi connectivity index (χ1) is 13.8. The van der Waals surface area contributed by atoms with Crippen molar-refractivity contribution in [1.82, 2.24) is 19.9 Å². The Hall–Kier alpha value is -2.97. The quantitative estimate of drug-likeness (QED) is 0.459. The molecular weight excluding hydrogens is 400 g/mol. The highest BCUT2D eigenvalue weighted by Gasteiger charge is 2.19. The van der Waals surface area contributed by atoms with Gasteiger partial charge in [-0.25, -0.2) is 13.8 Å². The Balaban J connectivity index is 1.96. The summed E-state index contributed by atoms with van der Waals surface area (Å²) in [6.45, 7) is 1.16. The predicted octanol–water partition coefficient (Wildman–Crippen LogP) is 3.98. The number of benzene rings is 2. The molecule has 2 heterocycles. The van der Waals surface area contributed by atoms with Crippen LogP contribution in [0.4, 0.5) is 14.5 Å². The summed E-state index contributed by atoms with van der Waals surface area (Å²) >= 11 is 6.04. The van der Waals surface area contributed by atoms with E-state index in [1.807, 2.05) is 19.0 Å². The first-order valence-electron chi connectivity index (χ1n) is 8.93. The lowest BCUT2D eigenvalue weighted by molar-refractivity contribution is 0.425. The highest BCUT2D eigenvalue weighted by Crippen LogP contribution is 2.32. The molecular formula is C20H18ClF2N5O. The van der Waals surface area contributed by atoms with Crippen LogP contribution >= 0.6 is 11.6 Å². The van der Waals surface area contributed by atoms with E-state index >= 15 is 0 Å². The SMILES string of the molecule is CN(C)CCNc1c(-c2nc3ccc(Cl)cc3[nH]2)c(=O)[nH]c2cc(F)c(F)cc12. The largest absolute Gasteiger partial charge is 0.382 e. The molecule has 0 fully saturated rings. The summed E-state index contributed by atoms with van der Waals surface area (Å²) in [6.07, 6.45) is 0. The van der Waals surface area contributed by atoms with Crippen LogP contribution in [0.1, 0.15) is 0 Å². The zero-order chi connectivity index (χ0) is 20.7. The van der Waals surface area contributed by atoms with E-state index in [0.717, 1.165) is 12.1 Å². The number of halogens is 3. The smallest absolute Gasteiger partial charge is 0.261 e. The number of pyridine rings is 1. The van der Waals surface area contributed by atoms with Crippen LogP contribution < -0.4 is 10.9 Å². The number of imidazole rings is 1. The number of rotatable bonds is 5. The number of fused-ring (bicyclic) bond motifs is 2. The Labute approximate surface area is 169 Å². The zero-order valence-electron chi connectivity index (χ0n) is 15.7. The summed E-state index contributed by atoms with van der Waals surface area (Å²) in [5.41, 5.74) is 1.62. The van der Waals surface area contributed by atoms with Gasteiger partial charge in [-0.15, -0.1) is 0 Å². The van der Waals surface area contributed by atoms with Gasteiger partial charge in [0.2, 0.25) is 0 Å². The Morgan fingerprint density at radius 2 is 1.86 bits per heavy atom. The summed E-state index contributed by atoms with van der Waals surface area (Å²) < 4.78 is 27.7. The lowest BCUT2D eigenvalue weighted by Crippen LogP contribution is -2.22. The molecule has 0 spiro atoms. The monoisotopic (exact) mass is 417 g/mol. The van der Waals surface area contributed by atoms with E-state index < -0.39 is 17.2 Å². The van der Waals surface area contributed by atoms with Crippen LogP contribution in [0.3, 0.4) is 0 Å². The molecule has 4 rings (SSSR count).